The fourth-order valence-corrected chi connectivity index (χ4v) is 4.41. The van der Waals surface area contributed by atoms with E-state index in [4.69, 9.17) is 9.84 Å². The highest BCUT2D eigenvalue weighted by molar-refractivity contribution is 7.91. The molecule has 2 rings (SSSR count). The number of sulfone groups is 1. The highest BCUT2D eigenvalue weighted by Crippen LogP contribution is 2.34. The first-order valence-electron chi connectivity index (χ1n) is 6.98. The van der Waals surface area contributed by atoms with E-state index in [1.54, 1.807) is 0 Å². The molecule has 0 aromatic rings. The van der Waals surface area contributed by atoms with E-state index in [1.807, 2.05) is 6.92 Å². The molecule has 1 saturated heterocycles. The number of rotatable bonds is 5. The van der Waals surface area contributed by atoms with Gasteiger partial charge in [0.1, 0.15) is 16.4 Å². The summed E-state index contributed by atoms with van der Waals surface area (Å²) >= 11 is 0. The molecule has 2 fully saturated rings. The maximum absolute atomic E-state index is 11.7. The standard InChI is InChI=1S/C13H23NO5S/c1-13(19-7-12(15)16)8-14(9-13)10-4-3-5-11(6-10)20(2,17)18/h10-11H,3-9H2,1-2H3,(H,15,16). The first kappa shape index (κ1) is 15.7. The molecule has 116 valence electrons. The van der Waals surface area contributed by atoms with Gasteiger partial charge in [0.2, 0.25) is 0 Å². The van der Waals surface area contributed by atoms with Gasteiger partial charge in [-0.15, -0.1) is 0 Å². The van der Waals surface area contributed by atoms with Gasteiger partial charge in [-0.3, -0.25) is 4.90 Å². The molecule has 20 heavy (non-hydrogen) atoms. The van der Waals surface area contributed by atoms with Crippen molar-refractivity contribution in [3.63, 3.8) is 0 Å². The molecule has 1 aliphatic heterocycles. The largest absolute Gasteiger partial charge is 0.480 e. The first-order valence-corrected chi connectivity index (χ1v) is 8.94. The van der Waals surface area contributed by atoms with Crippen LogP contribution in [0.15, 0.2) is 0 Å². The quantitative estimate of drug-likeness (QED) is 0.797. The van der Waals surface area contributed by atoms with Crippen molar-refractivity contribution in [2.45, 2.75) is 49.5 Å². The lowest BCUT2D eigenvalue weighted by molar-refractivity contribution is -0.170. The summed E-state index contributed by atoms with van der Waals surface area (Å²) in [5.41, 5.74) is -0.406. The van der Waals surface area contributed by atoms with Crippen LogP contribution in [-0.4, -0.2) is 67.2 Å². The SMILES string of the molecule is CC1(OCC(=O)O)CN(C2CCCC(S(C)(=O)=O)C2)C1. The van der Waals surface area contributed by atoms with Gasteiger partial charge >= 0.3 is 5.97 Å². The monoisotopic (exact) mass is 305 g/mol. The lowest BCUT2D eigenvalue weighted by Gasteiger charge is -2.52. The average molecular weight is 305 g/mol. The van der Waals surface area contributed by atoms with Crippen LogP contribution in [0.1, 0.15) is 32.6 Å². The van der Waals surface area contributed by atoms with E-state index in [9.17, 15) is 13.2 Å². The number of carbonyl (C=O) groups is 1. The van der Waals surface area contributed by atoms with Gasteiger partial charge in [-0.25, -0.2) is 13.2 Å². The Labute approximate surface area is 120 Å². The van der Waals surface area contributed by atoms with Crippen molar-refractivity contribution in [2.75, 3.05) is 26.0 Å². The molecule has 1 aliphatic carbocycles. The Hall–Kier alpha value is -0.660. The van der Waals surface area contributed by atoms with E-state index in [0.717, 1.165) is 19.3 Å². The number of carboxylic acid groups (broad SMARTS) is 1. The maximum atomic E-state index is 11.7. The van der Waals surface area contributed by atoms with Gasteiger partial charge in [-0.05, 0) is 26.2 Å². The van der Waals surface area contributed by atoms with Crippen molar-refractivity contribution < 1.29 is 23.1 Å². The number of hydrogen-bond donors (Lipinski definition) is 1. The summed E-state index contributed by atoms with van der Waals surface area (Å²) < 4.78 is 28.7. The second kappa shape index (κ2) is 5.61. The van der Waals surface area contributed by atoms with Gasteiger partial charge in [0.05, 0.1) is 10.9 Å². The molecule has 0 bridgehead atoms. The Kier molecular flexibility index (Phi) is 4.41. The van der Waals surface area contributed by atoms with Crippen LogP contribution < -0.4 is 0 Å². The molecule has 0 aromatic carbocycles. The average Bonchev–Trinajstić information content (AvgIpc) is 2.32. The highest BCUT2D eigenvalue weighted by atomic mass is 32.2. The molecule has 0 amide bonds. The zero-order valence-corrected chi connectivity index (χ0v) is 12.9. The molecule has 2 atom stereocenters. The second-order valence-electron chi connectivity index (χ2n) is 6.31. The van der Waals surface area contributed by atoms with Gasteiger partial charge in [-0.1, -0.05) is 6.42 Å². The first-order chi connectivity index (χ1) is 9.20. The van der Waals surface area contributed by atoms with Crippen LogP contribution in [0.25, 0.3) is 0 Å². The third-order valence-electron chi connectivity index (χ3n) is 4.34. The third kappa shape index (κ3) is 3.71. The van der Waals surface area contributed by atoms with E-state index in [1.165, 1.54) is 6.26 Å². The fourth-order valence-electron chi connectivity index (χ4n) is 3.24. The molecular formula is C13H23NO5S. The van der Waals surface area contributed by atoms with Crippen LogP contribution in [0.3, 0.4) is 0 Å². The Morgan fingerprint density at radius 1 is 1.40 bits per heavy atom. The molecule has 1 heterocycles. The van der Waals surface area contributed by atoms with Crippen molar-refractivity contribution >= 4 is 15.8 Å². The number of hydrogen-bond acceptors (Lipinski definition) is 5. The van der Waals surface area contributed by atoms with E-state index < -0.39 is 21.4 Å². The minimum atomic E-state index is -2.96. The molecule has 6 nitrogen and oxygen atoms in total. The summed E-state index contributed by atoms with van der Waals surface area (Å²) in [5, 5.41) is 8.40. The van der Waals surface area contributed by atoms with Gasteiger partial charge < -0.3 is 9.84 Å². The smallest absolute Gasteiger partial charge is 0.329 e. The number of aliphatic carboxylic acids is 1. The maximum Gasteiger partial charge on any atom is 0.329 e. The van der Waals surface area contributed by atoms with Crippen LogP contribution in [-0.2, 0) is 19.4 Å². The molecule has 2 unspecified atom stereocenters. The second-order valence-corrected chi connectivity index (χ2v) is 8.63. The normalized spacial score (nSPS) is 30.7. The number of ether oxygens (including phenoxy) is 1. The van der Waals surface area contributed by atoms with Crippen LogP contribution >= 0.6 is 0 Å². The predicted octanol–water partition coefficient (Wildman–Crippen LogP) is 0.518. The third-order valence-corrected chi connectivity index (χ3v) is 5.98. The topological polar surface area (TPSA) is 83.9 Å². The minimum absolute atomic E-state index is 0.229. The Balaban J connectivity index is 1.84. The summed E-state index contributed by atoms with van der Waals surface area (Å²) in [6.07, 6.45) is 4.71. The zero-order chi connectivity index (χ0) is 15.0. The Morgan fingerprint density at radius 3 is 2.60 bits per heavy atom. The number of likely N-dealkylation sites (tertiary alicyclic amines) is 1. The van der Waals surface area contributed by atoms with E-state index in [0.29, 0.717) is 19.5 Å². The van der Waals surface area contributed by atoms with Gasteiger partial charge in [-0.2, -0.15) is 0 Å². The molecular weight excluding hydrogens is 282 g/mol. The molecule has 1 saturated carbocycles. The lowest BCUT2D eigenvalue weighted by atomic mass is 9.87. The molecule has 0 spiro atoms. The summed E-state index contributed by atoms with van der Waals surface area (Å²) in [7, 11) is -2.96. The van der Waals surface area contributed by atoms with E-state index in [2.05, 4.69) is 4.90 Å². The number of nitrogens with zero attached hydrogens (tertiary/aromatic N) is 1. The Bertz CT molecular complexity index is 469. The van der Waals surface area contributed by atoms with Crippen LogP contribution in [0.2, 0.25) is 0 Å². The summed E-state index contributed by atoms with van der Waals surface area (Å²) in [4.78, 5) is 12.7. The van der Waals surface area contributed by atoms with Crippen molar-refractivity contribution in [3.05, 3.63) is 0 Å². The molecule has 0 radical (unpaired) electrons. The lowest BCUT2D eigenvalue weighted by Crippen LogP contribution is -2.65. The molecule has 1 N–H and O–H groups in total. The van der Waals surface area contributed by atoms with E-state index in [-0.39, 0.29) is 17.9 Å². The van der Waals surface area contributed by atoms with Crippen molar-refractivity contribution in [2.24, 2.45) is 0 Å². The predicted molar refractivity (Wildman–Crippen MR) is 74.5 cm³/mol. The summed E-state index contributed by atoms with van der Waals surface area (Å²) in [6.45, 7) is 2.99. The minimum Gasteiger partial charge on any atom is -0.480 e. The van der Waals surface area contributed by atoms with Gasteiger partial charge in [0.15, 0.2) is 0 Å². The fraction of sp³-hybridized carbons (Fsp3) is 0.923. The van der Waals surface area contributed by atoms with Crippen molar-refractivity contribution in [1.82, 2.24) is 4.90 Å². The number of carboxylic acids is 1. The van der Waals surface area contributed by atoms with Crippen LogP contribution in [0.4, 0.5) is 0 Å². The van der Waals surface area contributed by atoms with E-state index >= 15 is 0 Å². The molecule has 0 aromatic heterocycles. The van der Waals surface area contributed by atoms with Gasteiger partial charge in [0.25, 0.3) is 0 Å². The molecule has 7 heteroatoms. The zero-order valence-electron chi connectivity index (χ0n) is 12.0. The van der Waals surface area contributed by atoms with Gasteiger partial charge in [0, 0.05) is 25.4 Å². The Morgan fingerprint density at radius 2 is 2.05 bits per heavy atom. The van der Waals surface area contributed by atoms with Crippen LogP contribution in [0.5, 0.6) is 0 Å². The van der Waals surface area contributed by atoms with Crippen molar-refractivity contribution in [3.8, 4) is 0 Å². The summed E-state index contributed by atoms with van der Waals surface area (Å²) in [6, 6.07) is 0.282. The van der Waals surface area contributed by atoms with Crippen molar-refractivity contribution in [1.29, 1.82) is 0 Å². The molecule has 2 aliphatic rings. The summed E-state index contributed by atoms with van der Waals surface area (Å²) in [5.74, 6) is -0.959. The van der Waals surface area contributed by atoms with Crippen LogP contribution in [0, 0.1) is 0 Å². The highest BCUT2D eigenvalue weighted by Gasteiger charge is 2.45.